The highest BCUT2D eigenvalue weighted by Gasteiger charge is 2.29. The Morgan fingerprint density at radius 2 is 1.95 bits per heavy atom. The average molecular weight is 319 g/mol. The molecule has 0 aliphatic carbocycles. The number of rotatable bonds is 7. The van der Waals surface area contributed by atoms with Gasteiger partial charge in [0.25, 0.3) is 0 Å². The molecule has 6 heteroatoms. The Hall–Kier alpha value is -0.430. The van der Waals surface area contributed by atoms with E-state index >= 15 is 0 Å². The van der Waals surface area contributed by atoms with E-state index in [2.05, 4.69) is 19.2 Å². The monoisotopic (exact) mass is 318 g/mol. The molecule has 0 bridgehead atoms. The zero-order valence-electron chi connectivity index (χ0n) is 13.2. The summed E-state index contributed by atoms with van der Waals surface area (Å²) in [6.07, 6.45) is 0.804. The Balaban J connectivity index is 3.14. The van der Waals surface area contributed by atoms with Crippen molar-refractivity contribution in [2.24, 2.45) is 0 Å². The summed E-state index contributed by atoms with van der Waals surface area (Å²) in [5.41, 5.74) is 0.839. The maximum Gasteiger partial charge on any atom is 0.244 e. The Labute approximate surface area is 127 Å². The van der Waals surface area contributed by atoms with Gasteiger partial charge in [0.05, 0.1) is 0 Å². The molecule has 0 aliphatic heterocycles. The smallest absolute Gasteiger partial charge is 0.244 e. The van der Waals surface area contributed by atoms with Crippen molar-refractivity contribution in [1.29, 1.82) is 0 Å². The SMILES string of the molecule is CCC(C)N(C)S(=O)(=O)c1c(C)csc1CNC(C)C. The van der Waals surface area contributed by atoms with Crippen LogP contribution in [0.4, 0.5) is 0 Å². The molecule has 0 amide bonds. The van der Waals surface area contributed by atoms with Gasteiger partial charge in [0.1, 0.15) is 4.90 Å². The van der Waals surface area contributed by atoms with Crippen molar-refractivity contribution < 1.29 is 8.42 Å². The standard InChI is InChI=1S/C14H26N2O2S2/c1-7-12(5)16(6)20(17,18)14-11(4)9-19-13(14)8-15-10(2)3/h9-10,12,15H,7-8H2,1-6H3. The summed E-state index contributed by atoms with van der Waals surface area (Å²) < 4.78 is 27.1. The number of nitrogens with zero attached hydrogens (tertiary/aromatic N) is 1. The largest absolute Gasteiger partial charge is 0.310 e. The molecule has 0 radical (unpaired) electrons. The predicted octanol–water partition coefficient (Wildman–Crippen LogP) is 2.97. The minimum absolute atomic E-state index is 0.00482. The summed E-state index contributed by atoms with van der Waals surface area (Å²) in [6.45, 7) is 10.5. The molecule has 1 N–H and O–H groups in total. The van der Waals surface area contributed by atoms with Crippen molar-refractivity contribution in [1.82, 2.24) is 9.62 Å². The molecule has 1 rings (SSSR count). The molecule has 1 heterocycles. The number of hydrogen-bond acceptors (Lipinski definition) is 4. The van der Waals surface area contributed by atoms with Gasteiger partial charge in [-0.3, -0.25) is 0 Å². The number of hydrogen-bond donors (Lipinski definition) is 1. The van der Waals surface area contributed by atoms with Gasteiger partial charge in [-0.2, -0.15) is 4.31 Å². The van der Waals surface area contributed by atoms with E-state index in [1.165, 1.54) is 15.6 Å². The van der Waals surface area contributed by atoms with Gasteiger partial charge in [-0.15, -0.1) is 11.3 Å². The van der Waals surface area contributed by atoms with E-state index in [1.54, 1.807) is 7.05 Å². The zero-order valence-corrected chi connectivity index (χ0v) is 14.9. The van der Waals surface area contributed by atoms with E-state index in [9.17, 15) is 8.42 Å². The van der Waals surface area contributed by atoms with Crippen molar-refractivity contribution in [3.05, 3.63) is 15.8 Å². The molecule has 4 nitrogen and oxygen atoms in total. The minimum Gasteiger partial charge on any atom is -0.310 e. The lowest BCUT2D eigenvalue weighted by molar-refractivity contribution is 0.380. The van der Waals surface area contributed by atoms with Crippen LogP contribution in [0.25, 0.3) is 0 Å². The molecule has 0 aliphatic rings. The Morgan fingerprint density at radius 1 is 1.35 bits per heavy atom. The summed E-state index contributed by atoms with van der Waals surface area (Å²) in [6, 6.07) is 0.338. The van der Waals surface area contributed by atoms with Crippen molar-refractivity contribution in [3.63, 3.8) is 0 Å². The number of nitrogens with one attached hydrogen (secondary N) is 1. The molecule has 1 aromatic rings. The maximum atomic E-state index is 12.8. The summed E-state index contributed by atoms with van der Waals surface area (Å²) >= 11 is 1.51. The molecule has 116 valence electrons. The number of aryl methyl sites for hydroxylation is 1. The Kier molecular flexibility index (Phi) is 6.19. The first kappa shape index (κ1) is 17.6. The topological polar surface area (TPSA) is 49.4 Å². The summed E-state index contributed by atoms with van der Waals surface area (Å²) in [5.74, 6) is 0. The summed E-state index contributed by atoms with van der Waals surface area (Å²) in [4.78, 5) is 1.38. The van der Waals surface area contributed by atoms with Crippen LogP contribution in [0.1, 0.15) is 44.6 Å². The van der Waals surface area contributed by atoms with Gasteiger partial charge in [0.2, 0.25) is 10.0 Å². The lowest BCUT2D eigenvalue weighted by Crippen LogP contribution is -2.35. The molecule has 1 atom stereocenters. The summed E-state index contributed by atoms with van der Waals surface area (Å²) in [5, 5.41) is 5.22. The fourth-order valence-corrected chi connectivity index (χ4v) is 5.03. The van der Waals surface area contributed by atoms with Crippen LogP contribution < -0.4 is 5.32 Å². The average Bonchev–Trinajstić information content (AvgIpc) is 2.76. The van der Waals surface area contributed by atoms with Gasteiger partial charge in [0.15, 0.2) is 0 Å². The van der Waals surface area contributed by atoms with Crippen LogP contribution in [-0.4, -0.2) is 31.9 Å². The van der Waals surface area contributed by atoms with Crippen LogP contribution in [0.15, 0.2) is 10.3 Å². The van der Waals surface area contributed by atoms with Gasteiger partial charge in [-0.1, -0.05) is 20.8 Å². The second kappa shape index (κ2) is 7.02. The van der Waals surface area contributed by atoms with E-state index in [-0.39, 0.29) is 6.04 Å². The maximum absolute atomic E-state index is 12.8. The first-order valence-corrected chi connectivity index (χ1v) is 9.32. The van der Waals surface area contributed by atoms with Crippen LogP contribution in [0.2, 0.25) is 0 Å². The van der Waals surface area contributed by atoms with Crippen LogP contribution in [-0.2, 0) is 16.6 Å². The van der Waals surface area contributed by atoms with E-state index in [4.69, 9.17) is 0 Å². The lowest BCUT2D eigenvalue weighted by atomic mass is 10.3. The quantitative estimate of drug-likeness (QED) is 0.841. The number of thiophene rings is 1. The molecular formula is C14H26N2O2S2. The molecule has 0 spiro atoms. The van der Waals surface area contributed by atoms with E-state index in [1.807, 2.05) is 26.2 Å². The molecule has 0 saturated carbocycles. The van der Waals surface area contributed by atoms with Crippen molar-refractivity contribution in [2.45, 2.75) is 64.6 Å². The third-order valence-electron chi connectivity index (χ3n) is 3.51. The lowest BCUT2D eigenvalue weighted by Gasteiger charge is -2.24. The second-order valence-corrected chi connectivity index (χ2v) is 8.38. The van der Waals surface area contributed by atoms with Crippen molar-refractivity contribution >= 4 is 21.4 Å². The molecule has 1 unspecified atom stereocenters. The Bertz CT molecular complexity index is 535. The molecule has 20 heavy (non-hydrogen) atoms. The van der Waals surface area contributed by atoms with Crippen molar-refractivity contribution in [3.8, 4) is 0 Å². The first-order valence-electron chi connectivity index (χ1n) is 7.00. The van der Waals surface area contributed by atoms with Crippen LogP contribution in [0.3, 0.4) is 0 Å². The van der Waals surface area contributed by atoms with E-state index in [0.717, 1.165) is 16.9 Å². The molecule has 0 saturated heterocycles. The molecular weight excluding hydrogens is 292 g/mol. The summed E-state index contributed by atoms with van der Waals surface area (Å²) in [7, 11) is -1.75. The highest BCUT2D eigenvalue weighted by molar-refractivity contribution is 7.89. The predicted molar refractivity (Wildman–Crippen MR) is 85.7 cm³/mol. The highest BCUT2D eigenvalue weighted by Crippen LogP contribution is 2.30. The third-order valence-corrected chi connectivity index (χ3v) is 6.94. The zero-order chi connectivity index (χ0) is 15.5. The van der Waals surface area contributed by atoms with E-state index in [0.29, 0.717) is 17.5 Å². The van der Waals surface area contributed by atoms with Crippen molar-refractivity contribution in [2.75, 3.05) is 7.05 Å². The van der Waals surface area contributed by atoms with Crippen LogP contribution in [0.5, 0.6) is 0 Å². The Morgan fingerprint density at radius 3 is 2.45 bits per heavy atom. The fourth-order valence-electron chi connectivity index (χ4n) is 1.89. The number of sulfonamides is 1. The molecule has 0 aromatic carbocycles. The minimum atomic E-state index is -3.41. The normalized spacial score (nSPS) is 14.2. The van der Waals surface area contributed by atoms with Crippen LogP contribution in [0, 0.1) is 6.92 Å². The molecule has 1 aromatic heterocycles. The second-order valence-electron chi connectivity index (χ2n) is 5.49. The van der Waals surface area contributed by atoms with Gasteiger partial charge in [0, 0.05) is 30.6 Å². The van der Waals surface area contributed by atoms with Gasteiger partial charge in [-0.25, -0.2) is 8.42 Å². The van der Waals surface area contributed by atoms with E-state index < -0.39 is 10.0 Å². The van der Waals surface area contributed by atoms with Gasteiger partial charge in [-0.05, 0) is 31.2 Å². The van der Waals surface area contributed by atoms with Crippen LogP contribution >= 0.6 is 11.3 Å². The fraction of sp³-hybridized carbons (Fsp3) is 0.714. The van der Waals surface area contributed by atoms with Gasteiger partial charge >= 0.3 is 0 Å². The third kappa shape index (κ3) is 3.81. The highest BCUT2D eigenvalue weighted by atomic mass is 32.2. The van der Waals surface area contributed by atoms with Gasteiger partial charge < -0.3 is 5.32 Å². The molecule has 0 fully saturated rings. The first-order chi connectivity index (χ1) is 9.21.